The Hall–Kier alpha value is -13.1. The van der Waals surface area contributed by atoms with Crippen molar-refractivity contribution in [3.05, 3.63) is 387 Å². The monoisotopic (exact) mass is 1490 g/mol. The van der Waals surface area contributed by atoms with Crippen molar-refractivity contribution in [3.8, 4) is 44.5 Å². The van der Waals surface area contributed by atoms with Crippen LogP contribution < -0.4 is 0 Å². The average molecular weight is 1490 g/mol. The molecule has 0 spiro atoms. The van der Waals surface area contributed by atoms with Crippen molar-refractivity contribution in [2.75, 3.05) is 0 Å². The molecule has 2 nitrogen and oxygen atoms in total. The van der Waals surface area contributed by atoms with E-state index >= 15 is 0 Å². The number of fused-ring (bicyclic) bond motifs is 15. The van der Waals surface area contributed by atoms with E-state index in [0.29, 0.717) is 0 Å². The summed E-state index contributed by atoms with van der Waals surface area (Å²) in [5, 5.41) is 32.8. The number of hydrogen-bond donors (Lipinski definition) is 0. The van der Waals surface area contributed by atoms with Crippen LogP contribution in [-0.2, 0) is 21.7 Å². The summed E-state index contributed by atoms with van der Waals surface area (Å²) in [6.07, 6.45) is 5.68. The number of benzene rings is 19. The first-order valence-corrected chi connectivity index (χ1v) is 41.0. The molecule has 2 heterocycles. The standard InChI is InChI=1S/2C32H26.C27H23N.C23H21N/c1-32(2,3)31-28-14-8-6-12-26(28)30(27-13-7-9-15-29(27)31)23-18-19-25-22(20-23)17-16-21-10-4-5-11-24(21)25;1-32(2,3)31-27-14-8-6-12-25(27)30(26-13-7-9-15-28(26)31)23-19-18-22-17-16-21-10-4-5-11-24(21)29(22)20-23;1-27(2,3)25-21-14-6-4-12-19(21)24(20-13-5-7-15-22(20)25)23-16-8-10-18-11-9-17-28-26(18)23;1-23(2,3)22-19-12-6-4-10-17(19)21(16-9-8-14-24-15-16)18-11-5-7-13-20(18)22/h2*4-20H,1-3H3;4-17H,1-3H3;4-15H,1-3H3. The average Bonchev–Trinajstić information content (AvgIpc) is 0.740. The van der Waals surface area contributed by atoms with Gasteiger partial charge in [0.05, 0.1) is 5.52 Å². The van der Waals surface area contributed by atoms with Gasteiger partial charge in [-0.05, 0) is 231 Å². The second kappa shape index (κ2) is 29.7. The van der Waals surface area contributed by atoms with Gasteiger partial charge in [-0.15, -0.1) is 0 Å². The van der Waals surface area contributed by atoms with Crippen LogP contribution in [0.1, 0.15) is 105 Å². The lowest BCUT2D eigenvalue weighted by atomic mass is 9.78. The Kier molecular flexibility index (Phi) is 19.0. The van der Waals surface area contributed by atoms with E-state index in [4.69, 9.17) is 4.98 Å². The molecule has 0 aliphatic rings. The van der Waals surface area contributed by atoms with Gasteiger partial charge >= 0.3 is 0 Å². The summed E-state index contributed by atoms with van der Waals surface area (Å²) in [6, 6.07) is 126. The zero-order valence-corrected chi connectivity index (χ0v) is 68.5. The van der Waals surface area contributed by atoms with E-state index in [1.807, 2.05) is 30.7 Å². The first kappa shape index (κ1) is 74.3. The predicted molar refractivity (Wildman–Crippen MR) is 505 cm³/mol. The first-order valence-electron chi connectivity index (χ1n) is 41.0. The maximum atomic E-state index is 4.74. The van der Waals surface area contributed by atoms with Gasteiger partial charge in [0.25, 0.3) is 0 Å². The van der Waals surface area contributed by atoms with Gasteiger partial charge in [-0.25, -0.2) is 0 Å². The third-order valence-electron chi connectivity index (χ3n) is 23.6. The molecule has 0 saturated carbocycles. The molecule has 562 valence electrons. The van der Waals surface area contributed by atoms with Gasteiger partial charge in [0.2, 0.25) is 0 Å². The summed E-state index contributed by atoms with van der Waals surface area (Å²) in [6.45, 7) is 27.7. The summed E-state index contributed by atoms with van der Waals surface area (Å²) in [5.74, 6) is 0. The van der Waals surface area contributed by atoms with Crippen molar-refractivity contribution in [1.82, 2.24) is 9.97 Å². The largest absolute Gasteiger partial charge is 0.264 e. The maximum absolute atomic E-state index is 4.74. The smallest absolute Gasteiger partial charge is 0.0780 e. The minimum atomic E-state index is 0.0503. The van der Waals surface area contributed by atoms with E-state index in [1.54, 1.807) is 0 Å². The van der Waals surface area contributed by atoms with Crippen LogP contribution in [0.25, 0.3) is 185 Å². The molecular formula is C114H96N2. The van der Waals surface area contributed by atoms with E-state index in [0.717, 1.165) is 5.52 Å². The molecule has 0 aliphatic heterocycles. The highest BCUT2D eigenvalue weighted by Crippen LogP contribution is 2.50. The van der Waals surface area contributed by atoms with Crippen molar-refractivity contribution in [3.63, 3.8) is 0 Å². The number of rotatable bonds is 4. The van der Waals surface area contributed by atoms with Crippen LogP contribution in [0.15, 0.2) is 364 Å². The lowest BCUT2D eigenvalue weighted by Crippen LogP contribution is -2.13. The van der Waals surface area contributed by atoms with Crippen LogP contribution in [0.3, 0.4) is 0 Å². The minimum Gasteiger partial charge on any atom is -0.264 e. The molecule has 0 fully saturated rings. The van der Waals surface area contributed by atoms with Crippen molar-refractivity contribution in [2.45, 2.75) is 105 Å². The highest BCUT2D eigenvalue weighted by Gasteiger charge is 2.29. The van der Waals surface area contributed by atoms with Gasteiger partial charge < -0.3 is 0 Å². The van der Waals surface area contributed by atoms with E-state index in [2.05, 4.69) is 422 Å². The fourth-order valence-corrected chi connectivity index (χ4v) is 19.1. The molecule has 0 amide bonds. The van der Waals surface area contributed by atoms with E-state index in [1.165, 1.54) is 201 Å². The van der Waals surface area contributed by atoms with E-state index in [-0.39, 0.29) is 21.7 Å². The minimum absolute atomic E-state index is 0.0503. The summed E-state index contributed by atoms with van der Waals surface area (Å²) in [4.78, 5) is 9.09. The Labute approximate surface area is 681 Å². The highest BCUT2D eigenvalue weighted by atomic mass is 14.7. The zero-order chi connectivity index (χ0) is 79.8. The summed E-state index contributed by atoms with van der Waals surface area (Å²) >= 11 is 0. The number of pyridine rings is 2. The van der Waals surface area contributed by atoms with Crippen molar-refractivity contribution in [1.29, 1.82) is 0 Å². The summed E-state index contributed by atoms with van der Waals surface area (Å²) in [5.41, 5.74) is 17.1. The van der Waals surface area contributed by atoms with Crippen LogP contribution in [0.4, 0.5) is 0 Å². The Morgan fingerprint density at radius 3 is 0.836 bits per heavy atom. The van der Waals surface area contributed by atoms with Crippen LogP contribution >= 0.6 is 0 Å². The molecule has 0 N–H and O–H groups in total. The lowest BCUT2D eigenvalue weighted by molar-refractivity contribution is 0.601. The van der Waals surface area contributed by atoms with Crippen LogP contribution in [0.5, 0.6) is 0 Å². The molecule has 116 heavy (non-hydrogen) atoms. The Bertz CT molecular complexity index is 7180. The molecule has 2 aromatic heterocycles. The molecule has 0 atom stereocenters. The Morgan fingerprint density at radius 1 is 0.181 bits per heavy atom. The van der Waals surface area contributed by atoms with Crippen molar-refractivity contribution in [2.24, 2.45) is 0 Å². The Balaban J connectivity index is 0.000000108. The third-order valence-corrected chi connectivity index (χ3v) is 23.6. The molecule has 0 bridgehead atoms. The van der Waals surface area contributed by atoms with E-state index < -0.39 is 0 Å². The molecule has 0 saturated heterocycles. The van der Waals surface area contributed by atoms with Gasteiger partial charge in [0.1, 0.15) is 0 Å². The predicted octanol–water partition coefficient (Wildman–Crippen LogP) is 32.4. The normalized spacial score (nSPS) is 12.1. The van der Waals surface area contributed by atoms with Crippen LogP contribution in [-0.4, -0.2) is 9.97 Å². The number of hydrogen-bond acceptors (Lipinski definition) is 2. The first-order chi connectivity index (χ1) is 56.2. The van der Waals surface area contributed by atoms with Gasteiger partial charge in [0.15, 0.2) is 0 Å². The van der Waals surface area contributed by atoms with Crippen molar-refractivity contribution < 1.29 is 0 Å². The fraction of sp³-hybridized carbons (Fsp3) is 0.140. The van der Waals surface area contributed by atoms with Gasteiger partial charge in [-0.3, -0.25) is 9.97 Å². The fourth-order valence-electron chi connectivity index (χ4n) is 19.1. The molecule has 0 unspecified atom stereocenters. The van der Waals surface area contributed by atoms with Crippen LogP contribution in [0.2, 0.25) is 0 Å². The van der Waals surface area contributed by atoms with Gasteiger partial charge in [-0.1, -0.05) is 405 Å². The zero-order valence-electron chi connectivity index (χ0n) is 68.5. The molecule has 19 aromatic carbocycles. The quantitative estimate of drug-likeness (QED) is 0.130. The van der Waals surface area contributed by atoms with Gasteiger partial charge in [0, 0.05) is 35.1 Å². The molecule has 0 radical (unpaired) electrons. The van der Waals surface area contributed by atoms with Gasteiger partial charge in [-0.2, -0.15) is 0 Å². The number of aromatic nitrogens is 2. The number of para-hydroxylation sites is 1. The summed E-state index contributed by atoms with van der Waals surface area (Å²) in [7, 11) is 0. The lowest BCUT2D eigenvalue weighted by Gasteiger charge is -2.26. The summed E-state index contributed by atoms with van der Waals surface area (Å²) < 4.78 is 0. The number of nitrogens with zero attached hydrogens (tertiary/aromatic N) is 2. The molecule has 21 rings (SSSR count). The molecule has 2 heteroatoms. The van der Waals surface area contributed by atoms with E-state index in [9.17, 15) is 0 Å². The molecular weight excluding hydrogens is 1400 g/mol. The second-order valence-electron chi connectivity index (χ2n) is 35.4. The van der Waals surface area contributed by atoms with Crippen molar-refractivity contribution >= 4 is 140 Å². The second-order valence-corrected chi connectivity index (χ2v) is 35.4. The highest BCUT2D eigenvalue weighted by molar-refractivity contribution is 6.22. The molecule has 21 aromatic rings. The Morgan fingerprint density at radius 2 is 0.457 bits per heavy atom. The molecule has 0 aliphatic carbocycles. The SMILES string of the molecule is CC(C)(C)c1c2ccccc2c(-c2ccc3c(ccc4ccccc43)c2)c2ccccc12.CC(C)(C)c1c2ccccc2c(-c2ccc3ccc4ccccc4c3c2)c2ccccc12.CC(C)(C)c1c2ccccc2c(-c2cccc3cccnc23)c2ccccc12.CC(C)(C)c1c2ccccc2c(-c2cccnc2)c2ccccc12. The third kappa shape index (κ3) is 13.4. The maximum Gasteiger partial charge on any atom is 0.0780 e. The topological polar surface area (TPSA) is 25.8 Å². The van der Waals surface area contributed by atoms with Crippen LogP contribution in [0, 0.1) is 0 Å².